The van der Waals surface area contributed by atoms with E-state index in [0.717, 1.165) is 45.5 Å². The molecule has 3 aromatic rings. The van der Waals surface area contributed by atoms with Gasteiger partial charge in [0, 0.05) is 35.9 Å². The fourth-order valence-corrected chi connectivity index (χ4v) is 3.94. The molecule has 6 nitrogen and oxygen atoms in total. The number of nitrogens with zero attached hydrogens (tertiary/aromatic N) is 5. The number of hydrogen-bond donors (Lipinski definition) is 0. The first-order chi connectivity index (χ1) is 12.7. The van der Waals surface area contributed by atoms with Crippen molar-refractivity contribution in [2.75, 3.05) is 6.61 Å². The molecule has 0 N–H and O–H groups in total. The number of hydrogen-bond acceptors (Lipinski definition) is 6. The molecule has 0 saturated heterocycles. The van der Waals surface area contributed by atoms with Crippen LogP contribution in [0.1, 0.15) is 42.9 Å². The number of fused-ring (bicyclic) bond motifs is 2. The Kier molecular flexibility index (Phi) is 4.63. The smallest absolute Gasteiger partial charge is 0.225 e. The number of allylic oxidation sites excluding steroid dienone is 1. The summed E-state index contributed by atoms with van der Waals surface area (Å²) in [7, 11) is 0. The molecule has 132 valence electrons. The molecule has 1 aliphatic rings. The van der Waals surface area contributed by atoms with Gasteiger partial charge in [-0.3, -0.25) is 4.98 Å². The van der Waals surface area contributed by atoms with Gasteiger partial charge in [0.15, 0.2) is 5.65 Å². The Morgan fingerprint density at radius 1 is 1.12 bits per heavy atom. The molecule has 3 heterocycles. The van der Waals surface area contributed by atoms with Gasteiger partial charge in [0.25, 0.3) is 0 Å². The summed E-state index contributed by atoms with van der Waals surface area (Å²) >= 11 is 3.70. The quantitative estimate of drug-likeness (QED) is 0.634. The van der Waals surface area contributed by atoms with Crippen molar-refractivity contribution >= 4 is 31.6 Å². The lowest BCUT2D eigenvalue weighted by Gasteiger charge is -2.11. The van der Waals surface area contributed by atoms with E-state index in [9.17, 15) is 0 Å². The highest BCUT2D eigenvalue weighted by Gasteiger charge is 2.26. The van der Waals surface area contributed by atoms with Crippen LogP contribution in [-0.2, 0) is 12.8 Å². The molecule has 0 aliphatic heterocycles. The molecule has 0 unspecified atom stereocenters. The summed E-state index contributed by atoms with van der Waals surface area (Å²) in [6, 6.07) is 1.98. The van der Waals surface area contributed by atoms with Gasteiger partial charge in [0.05, 0.1) is 17.9 Å². The van der Waals surface area contributed by atoms with Crippen molar-refractivity contribution in [3.63, 3.8) is 0 Å². The van der Waals surface area contributed by atoms with Crippen LogP contribution in [0.3, 0.4) is 0 Å². The summed E-state index contributed by atoms with van der Waals surface area (Å²) in [5, 5.41) is 0. The Labute approximate surface area is 159 Å². The highest BCUT2D eigenvalue weighted by atomic mass is 79.9. The second-order valence-corrected chi connectivity index (χ2v) is 6.86. The molecule has 4 rings (SSSR count). The molecule has 0 fully saturated rings. The number of halogens is 1. The Morgan fingerprint density at radius 2 is 1.96 bits per heavy atom. The number of rotatable bonds is 5. The van der Waals surface area contributed by atoms with Gasteiger partial charge in [0.1, 0.15) is 11.3 Å². The third-order valence-corrected chi connectivity index (χ3v) is 5.32. The van der Waals surface area contributed by atoms with E-state index >= 15 is 0 Å². The Hall–Kier alpha value is -2.41. The standard InChI is InChI=1S/C19H18BrN5O/c1-3-12-9-13-16(17(12)20)19(26-4-2)25-15(24-13)8-11-7-14-18(23-10-11)22-6-5-21-14/h5-7,10H,3-4,8-9H2,1-2H3. The fraction of sp³-hybridized carbons (Fsp3) is 0.316. The highest BCUT2D eigenvalue weighted by molar-refractivity contribution is 9.15. The minimum Gasteiger partial charge on any atom is -0.477 e. The average Bonchev–Trinajstić information content (AvgIpc) is 2.98. The lowest BCUT2D eigenvalue weighted by atomic mass is 10.1. The number of aromatic nitrogens is 5. The SMILES string of the molecule is CCOc1nc(Cc2cnc3nccnc3c2)nc2c1C(Br)=C(CC)C2. The van der Waals surface area contributed by atoms with Gasteiger partial charge in [-0.05, 0) is 46.5 Å². The Bertz CT molecular complexity index is 1020. The lowest BCUT2D eigenvalue weighted by Crippen LogP contribution is -2.07. The van der Waals surface area contributed by atoms with Crippen LogP contribution in [0.25, 0.3) is 15.6 Å². The highest BCUT2D eigenvalue weighted by Crippen LogP contribution is 2.42. The first-order valence-corrected chi connectivity index (χ1v) is 9.45. The third-order valence-electron chi connectivity index (χ3n) is 4.36. The first-order valence-electron chi connectivity index (χ1n) is 8.65. The van der Waals surface area contributed by atoms with Gasteiger partial charge >= 0.3 is 0 Å². The second kappa shape index (κ2) is 7.07. The maximum atomic E-state index is 5.81. The summed E-state index contributed by atoms with van der Waals surface area (Å²) in [5.74, 6) is 1.38. The minimum absolute atomic E-state index is 0.567. The number of pyridine rings is 1. The molecular formula is C19H18BrN5O. The molecule has 0 aromatic carbocycles. The topological polar surface area (TPSA) is 73.7 Å². The van der Waals surface area contributed by atoms with Gasteiger partial charge < -0.3 is 4.74 Å². The molecule has 0 amide bonds. The van der Waals surface area contributed by atoms with Crippen LogP contribution in [0, 0.1) is 0 Å². The first kappa shape index (κ1) is 17.0. The third kappa shape index (κ3) is 3.07. The minimum atomic E-state index is 0.567. The van der Waals surface area contributed by atoms with Crippen LogP contribution in [-0.4, -0.2) is 31.5 Å². The van der Waals surface area contributed by atoms with Crippen LogP contribution < -0.4 is 4.74 Å². The molecule has 3 aromatic heterocycles. The van der Waals surface area contributed by atoms with Gasteiger partial charge in [-0.1, -0.05) is 6.92 Å². The van der Waals surface area contributed by atoms with Crippen LogP contribution >= 0.6 is 15.9 Å². The van der Waals surface area contributed by atoms with Gasteiger partial charge in [-0.25, -0.2) is 15.0 Å². The van der Waals surface area contributed by atoms with Gasteiger partial charge in [-0.15, -0.1) is 0 Å². The van der Waals surface area contributed by atoms with E-state index in [-0.39, 0.29) is 0 Å². The fourth-order valence-electron chi connectivity index (χ4n) is 3.12. The second-order valence-electron chi connectivity index (χ2n) is 6.07. The predicted octanol–water partition coefficient (Wildman–Crippen LogP) is 3.88. The zero-order valence-electron chi connectivity index (χ0n) is 14.7. The Balaban J connectivity index is 1.71. The van der Waals surface area contributed by atoms with Crippen LogP contribution in [0.4, 0.5) is 0 Å². The number of ether oxygens (including phenoxy) is 1. The van der Waals surface area contributed by atoms with Crippen molar-refractivity contribution in [2.45, 2.75) is 33.1 Å². The molecule has 0 spiro atoms. The zero-order chi connectivity index (χ0) is 18.1. The molecule has 7 heteroatoms. The molecule has 0 bridgehead atoms. The largest absolute Gasteiger partial charge is 0.477 e. The van der Waals surface area contributed by atoms with E-state index in [2.05, 4.69) is 42.8 Å². The van der Waals surface area contributed by atoms with E-state index in [1.807, 2.05) is 13.0 Å². The maximum Gasteiger partial charge on any atom is 0.225 e. The van der Waals surface area contributed by atoms with Crippen LogP contribution in [0.2, 0.25) is 0 Å². The van der Waals surface area contributed by atoms with Crippen molar-refractivity contribution in [2.24, 2.45) is 0 Å². The van der Waals surface area contributed by atoms with Gasteiger partial charge in [0.2, 0.25) is 5.88 Å². The van der Waals surface area contributed by atoms with Crippen molar-refractivity contribution < 1.29 is 4.74 Å². The molecule has 0 atom stereocenters. The molecule has 0 saturated carbocycles. The van der Waals surface area contributed by atoms with Crippen LogP contribution in [0.5, 0.6) is 5.88 Å². The normalized spacial score (nSPS) is 13.3. The molecule has 1 aliphatic carbocycles. The summed E-state index contributed by atoms with van der Waals surface area (Å²) in [6.07, 6.45) is 7.51. The predicted molar refractivity (Wildman–Crippen MR) is 103 cm³/mol. The summed E-state index contributed by atoms with van der Waals surface area (Å²) in [6.45, 7) is 4.68. The summed E-state index contributed by atoms with van der Waals surface area (Å²) < 4.78 is 6.88. The monoisotopic (exact) mass is 411 g/mol. The lowest BCUT2D eigenvalue weighted by molar-refractivity contribution is 0.324. The van der Waals surface area contributed by atoms with Crippen molar-refractivity contribution in [1.82, 2.24) is 24.9 Å². The molecular weight excluding hydrogens is 394 g/mol. The average molecular weight is 412 g/mol. The molecule has 0 radical (unpaired) electrons. The van der Waals surface area contributed by atoms with Crippen LogP contribution in [0.15, 0.2) is 30.2 Å². The van der Waals surface area contributed by atoms with Gasteiger partial charge in [-0.2, -0.15) is 4.98 Å². The van der Waals surface area contributed by atoms with E-state index in [4.69, 9.17) is 9.72 Å². The van der Waals surface area contributed by atoms with E-state index in [1.165, 1.54) is 5.57 Å². The van der Waals surface area contributed by atoms with Crippen molar-refractivity contribution in [3.8, 4) is 5.88 Å². The van der Waals surface area contributed by atoms with E-state index in [0.29, 0.717) is 24.6 Å². The Morgan fingerprint density at radius 3 is 2.77 bits per heavy atom. The summed E-state index contributed by atoms with van der Waals surface area (Å²) in [4.78, 5) is 22.4. The zero-order valence-corrected chi connectivity index (χ0v) is 16.2. The van der Waals surface area contributed by atoms with E-state index < -0.39 is 0 Å². The van der Waals surface area contributed by atoms with E-state index in [1.54, 1.807) is 18.6 Å². The van der Waals surface area contributed by atoms with Crippen molar-refractivity contribution in [1.29, 1.82) is 0 Å². The maximum absolute atomic E-state index is 5.81. The summed E-state index contributed by atoms with van der Waals surface area (Å²) in [5.41, 5.74) is 5.76. The molecule has 26 heavy (non-hydrogen) atoms. The van der Waals surface area contributed by atoms with Crippen molar-refractivity contribution in [3.05, 3.63) is 52.9 Å².